The predicted octanol–water partition coefficient (Wildman–Crippen LogP) is 5.17. The molecule has 0 bridgehead atoms. The predicted molar refractivity (Wildman–Crippen MR) is 167 cm³/mol. The first-order valence-electron chi connectivity index (χ1n) is 14.8. The van der Waals surface area contributed by atoms with Gasteiger partial charge in [-0.3, -0.25) is 9.59 Å². The normalized spacial score (nSPS) is 24.1. The van der Waals surface area contributed by atoms with Crippen LogP contribution in [0.4, 0.5) is 0 Å². The molecule has 1 aromatic heterocycles. The summed E-state index contributed by atoms with van der Waals surface area (Å²) >= 11 is 1.31. The van der Waals surface area contributed by atoms with Crippen molar-refractivity contribution in [2.45, 2.75) is 83.1 Å². The number of hydrogen-bond donors (Lipinski definition) is 1. The van der Waals surface area contributed by atoms with Crippen LogP contribution in [0.5, 0.6) is 11.5 Å². The Labute approximate surface area is 267 Å². The second-order valence-electron chi connectivity index (χ2n) is 12.1. The van der Waals surface area contributed by atoms with Crippen LogP contribution in [0.3, 0.4) is 0 Å². The van der Waals surface area contributed by atoms with Gasteiger partial charge in [-0.2, -0.15) is 0 Å². The zero-order valence-electron chi connectivity index (χ0n) is 26.5. The molecule has 2 aliphatic heterocycles. The van der Waals surface area contributed by atoms with Gasteiger partial charge in [-0.15, -0.1) is 11.3 Å². The van der Waals surface area contributed by atoms with Crippen molar-refractivity contribution in [1.82, 2.24) is 0 Å². The van der Waals surface area contributed by atoms with E-state index < -0.39 is 48.1 Å². The molecule has 1 N–H and O–H groups in total. The Hall–Kier alpha value is -3.32. The van der Waals surface area contributed by atoms with Gasteiger partial charge in [0.25, 0.3) is 0 Å². The van der Waals surface area contributed by atoms with Crippen LogP contribution in [0.2, 0.25) is 0 Å². The maximum Gasteiger partial charge on any atom is 0.310 e. The number of methoxy groups -OCH3 is 2. The Balaban J connectivity index is 1.34. The molecule has 3 heterocycles. The number of ether oxygens (including phenoxy) is 7. The van der Waals surface area contributed by atoms with Gasteiger partial charge in [0.2, 0.25) is 5.78 Å². The van der Waals surface area contributed by atoms with Crippen molar-refractivity contribution in [3.8, 4) is 21.9 Å². The first kappa shape index (κ1) is 33.1. The van der Waals surface area contributed by atoms with Crippen molar-refractivity contribution in [2.24, 2.45) is 0 Å². The molecule has 45 heavy (non-hydrogen) atoms. The van der Waals surface area contributed by atoms with E-state index in [4.69, 9.17) is 33.2 Å². The van der Waals surface area contributed by atoms with Gasteiger partial charge in [0.15, 0.2) is 11.6 Å². The van der Waals surface area contributed by atoms with Gasteiger partial charge in [-0.05, 0) is 88.2 Å². The van der Waals surface area contributed by atoms with Crippen LogP contribution in [0, 0.1) is 0 Å². The van der Waals surface area contributed by atoms with Crippen molar-refractivity contribution < 1.29 is 47.9 Å². The summed E-state index contributed by atoms with van der Waals surface area (Å²) < 4.78 is 40.7. The second kappa shape index (κ2) is 13.2. The van der Waals surface area contributed by atoms with E-state index >= 15 is 0 Å². The van der Waals surface area contributed by atoms with Gasteiger partial charge in [0.05, 0.1) is 31.6 Å². The summed E-state index contributed by atoms with van der Waals surface area (Å²) in [5.74, 6) is -1.70. The van der Waals surface area contributed by atoms with Crippen molar-refractivity contribution in [1.29, 1.82) is 0 Å². The van der Waals surface area contributed by atoms with Crippen LogP contribution in [0.15, 0.2) is 54.6 Å². The number of ketones is 1. The minimum atomic E-state index is -1.41. The molecule has 0 saturated carbocycles. The molecule has 2 fully saturated rings. The largest absolute Gasteiger partial charge is 0.497 e. The lowest BCUT2D eigenvalue weighted by Gasteiger charge is -2.42. The van der Waals surface area contributed by atoms with Crippen LogP contribution in [-0.4, -0.2) is 79.8 Å². The number of benzene rings is 2. The highest BCUT2D eigenvalue weighted by atomic mass is 32.1. The van der Waals surface area contributed by atoms with Crippen LogP contribution < -0.4 is 9.47 Å². The van der Waals surface area contributed by atoms with Gasteiger partial charge in [-0.25, -0.2) is 0 Å². The lowest BCUT2D eigenvalue weighted by atomic mass is 9.95. The third kappa shape index (κ3) is 7.74. The SMILES string of the molecule is COc1ccc(-c2sc(C(=O)c3cccc(OC)c3)cc2CC(=O)OCC2OC(C)C(OC(C)(C)O)C3OC(C)(C)OC23)cc1. The van der Waals surface area contributed by atoms with E-state index in [9.17, 15) is 14.7 Å². The highest BCUT2D eigenvalue weighted by molar-refractivity contribution is 7.17. The Morgan fingerprint density at radius 1 is 0.978 bits per heavy atom. The number of fused-ring (bicyclic) bond motifs is 1. The van der Waals surface area contributed by atoms with Gasteiger partial charge in [0, 0.05) is 10.4 Å². The number of thiophene rings is 1. The highest BCUT2D eigenvalue weighted by Crippen LogP contribution is 2.40. The summed E-state index contributed by atoms with van der Waals surface area (Å²) in [7, 11) is 3.14. The molecule has 10 nitrogen and oxygen atoms in total. The monoisotopic (exact) mass is 640 g/mol. The lowest BCUT2D eigenvalue weighted by molar-refractivity contribution is -0.281. The van der Waals surface area contributed by atoms with Gasteiger partial charge in [0.1, 0.15) is 42.5 Å². The molecular weight excluding hydrogens is 600 g/mol. The fraction of sp³-hybridized carbons (Fsp3) is 0.471. The highest BCUT2D eigenvalue weighted by Gasteiger charge is 2.55. The molecule has 5 rings (SSSR count). The smallest absolute Gasteiger partial charge is 0.310 e. The summed E-state index contributed by atoms with van der Waals surface area (Å²) in [6.07, 6.45) is -2.87. The van der Waals surface area contributed by atoms with Crippen molar-refractivity contribution in [2.75, 3.05) is 20.8 Å². The number of carbonyl (C=O) groups is 2. The van der Waals surface area contributed by atoms with Crippen molar-refractivity contribution >= 4 is 23.1 Å². The molecule has 5 atom stereocenters. The van der Waals surface area contributed by atoms with Gasteiger partial charge >= 0.3 is 5.97 Å². The standard InChI is InChI=1S/C34H40O10S/c1-19-29(42-33(2,3)37)31-30(43-34(4,5)44-31)25(41-19)18-40-27(35)17-22-16-26(28(36)21-9-8-10-24(15-21)39-7)45-32(22)20-11-13-23(38-6)14-12-20/h8-16,19,25,29-31,37H,17-18H2,1-7H3. The Bertz CT molecular complexity index is 1510. The van der Waals surface area contributed by atoms with Crippen LogP contribution >= 0.6 is 11.3 Å². The average molecular weight is 641 g/mol. The molecule has 0 aliphatic carbocycles. The van der Waals surface area contributed by atoms with Crippen LogP contribution in [0.1, 0.15) is 55.4 Å². The summed E-state index contributed by atoms with van der Waals surface area (Å²) in [6.45, 7) is 8.43. The van der Waals surface area contributed by atoms with E-state index in [1.54, 1.807) is 72.2 Å². The fourth-order valence-electron chi connectivity index (χ4n) is 5.63. The van der Waals surface area contributed by atoms with Gasteiger partial charge in [-0.1, -0.05) is 12.1 Å². The summed E-state index contributed by atoms with van der Waals surface area (Å²) in [4.78, 5) is 28.1. The maximum atomic E-state index is 13.5. The van der Waals surface area contributed by atoms with Crippen LogP contribution in [0.25, 0.3) is 10.4 Å². The number of aliphatic hydroxyl groups is 1. The molecule has 11 heteroatoms. The molecule has 0 spiro atoms. The summed E-state index contributed by atoms with van der Waals surface area (Å²) in [5, 5.41) is 10.3. The zero-order chi connectivity index (χ0) is 32.5. The summed E-state index contributed by atoms with van der Waals surface area (Å²) in [5.41, 5.74) is 1.99. The lowest BCUT2D eigenvalue weighted by Crippen LogP contribution is -2.59. The first-order chi connectivity index (χ1) is 21.3. The zero-order valence-corrected chi connectivity index (χ0v) is 27.3. The Morgan fingerprint density at radius 3 is 2.33 bits per heavy atom. The van der Waals surface area contributed by atoms with Crippen molar-refractivity contribution in [3.05, 3.63) is 70.6 Å². The molecule has 0 amide bonds. The Morgan fingerprint density at radius 2 is 1.67 bits per heavy atom. The Kier molecular flexibility index (Phi) is 9.69. The topological polar surface area (TPSA) is 119 Å². The molecule has 242 valence electrons. The number of carbonyl (C=O) groups excluding carboxylic acids is 2. The van der Waals surface area contributed by atoms with E-state index in [0.29, 0.717) is 27.5 Å². The van der Waals surface area contributed by atoms with E-state index in [1.807, 2.05) is 31.2 Å². The van der Waals surface area contributed by atoms with Crippen LogP contribution in [-0.2, 0) is 34.9 Å². The van der Waals surface area contributed by atoms with Crippen molar-refractivity contribution in [3.63, 3.8) is 0 Å². The molecule has 2 aromatic carbocycles. The molecular formula is C34H40O10S. The maximum absolute atomic E-state index is 13.5. The number of rotatable bonds is 11. The summed E-state index contributed by atoms with van der Waals surface area (Å²) in [6, 6.07) is 16.2. The number of hydrogen-bond acceptors (Lipinski definition) is 11. The minimum Gasteiger partial charge on any atom is -0.497 e. The van der Waals surface area contributed by atoms with E-state index in [0.717, 1.165) is 10.4 Å². The molecule has 0 radical (unpaired) electrons. The molecule has 3 aromatic rings. The minimum absolute atomic E-state index is 0.0626. The quantitative estimate of drug-likeness (QED) is 0.171. The average Bonchev–Trinajstić information content (AvgIpc) is 3.57. The molecule has 5 unspecified atom stereocenters. The van der Waals surface area contributed by atoms with E-state index in [1.165, 1.54) is 11.3 Å². The van der Waals surface area contributed by atoms with E-state index in [2.05, 4.69) is 0 Å². The third-order valence-electron chi connectivity index (χ3n) is 7.59. The number of esters is 1. The molecule has 2 aliphatic rings. The second-order valence-corrected chi connectivity index (χ2v) is 13.1. The van der Waals surface area contributed by atoms with Gasteiger partial charge < -0.3 is 38.3 Å². The first-order valence-corrected chi connectivity index (χ1v) is 15.6. The third-order valence-corrected chi connectivity index (χ3v) is 8.82. The van der Waals surface area contributed by atoms with E-state index in [-0.39, 0.29) is 18.8 Å². The fourth-order valence-corrected chi connectivity index (χ4v) is 6.78. The molecule has 2 saturated heterocycles.